The zero-order chi connectivity index (χ0) is 22.0. The maximum atomic E-state index is 12.9. The van der Waals surface area contributed by atoms with Gasteiger partial charge in [-0.15, -0.1) is 11.3 Å². The second-order valence-corrected chi connectivity index (χ2v) is 10.3. The van der Waals surface area contributed by atoms with Crippen molar-refractivity contribution in [2.45, 2.75) is 51.7 Å². The molecule has 0 bridgehead atoms. The van der Waals surface area contributed by atoms with Crippen molar-refractivity contribution in [3.63, 3.8) is 0 Å². The van der Waals surface area contributed by atoms with Crippen LogP contribution in [0.2, 0.25) is 5.02 Å². The number of hydrogen-bond acceptors (Lipinski definition) is 4. The Morgan fingerprint density at radius 1 is 1.35 bits per heavy atom. The summed E-state index contributed by atoms with van der Waals surface area (Å²) in [7, 11) is 0. The van der Waals surface area contributed by atoms with E-state index in [0.717, 1.165) is 47.8 Å². The van der Waals surface area contributed by atoms with E-state index in [1.807, 2.05) is 49.9 Å². The number of urea groups is 1. The molecule has 8 heteroatoms. The van der Waals surface area contributed by atoms with E-state index in [9.17, 15) is 4.79 Å². The van der Waals surface area contributed by atoms with Crippen LogP contribution in [0.25, 0.3) is 16.2 Å². The molecule has 0 saturated carbocycles. The SMILES string of the molecule is CC(C)(C)NC(=O)N(CCc1csc2nc(-c3ccc(Cl)cc3)cn12)CC1CCCO1. The number of carbonyl (C=O) groups excluding carboxylic acids is 1. The summed E-state index contributed by atoms with van der Waals surface area (Å²) in [6.45, 7) is 8.04. The monoisotopic (exact) mass is 460 g/mol. The van der Waals surface area contributed by atoms with Gasteiger partial charge in [0.05, 0.1) is 11.8 Å². The van der Waals surface area contributed by atoms with E-state index in [4.69, 9.17) is 21.3 Å². The topological polar surface area (TPSA) is 58.9 Å². The highest BCUT2D eigenvalue weighted by Crippen LogP contribution is 2.25. The van der Waals surface area contributed by atoms with Crippen molar-refractivity contribution in [2.24, 2.45) is 0 Å². The van der Waals surface area contributed by atoms with Crippen molar-refractivity contribution in [1.29, 1.82) is 0 Å². The van der Waals surface area contributed by atoms with Crippen molar-refractivity contribution >= 4 is 33.9 Å². The number of hydrogen-bond donors (Lipinski definition) is 1. The molecule has 1 saturated heterocycles. The number of thiazole rings is 1. The predicted octanol–water partition coefficient (Wildman–Crippen LogP) is 5.25. The average molecular weight is 461 g/mol. The molecule has 0 radical (unpaired) electrons. The summed E-state index contributed by atoms with van der Waals surface area (Å²) in [5, 5.41) is 5.93. The smallest absolute Gasteiger partial charge is 0.317 e. The molecule has 3 heterocycles. The van der Waals surface area contributed by atoms with Gasteiger partial charge in [-0.1, -0.05) is 23.7 Å². The summed E-state index contributed by atoms with van der Waals surface area (Å²) in [5.41, 5.74) is 2.83. The third-order valence-electron chi connectivity index (χ3n) is 5.28. The largest absolute Gasteiger partial charge is 0.376 e. The number of ether oxygens (including phenoxy) is 1. The standard InChI is InChI=1S/C23H29ClN4O2S/c1-23(2,3)26-21(29)27(13-19-5-4-12-30-19)11-10-18-15-31-22-25-20(14-28(18)22)16-6-8-17(24)9-7-16/h6-9,14-15,19H,4-5,10-13H2,1-3H3,(H,26,29). The number of fused-ring (bicyclic) bond motifs is 1. The highest BCUT2D eigenvalue weighted by Gasteiger charge is 2.25. The Bertz CT molecular complexity index is 1030. The number of benzene rings is 1. The highest BCUT2D eigenvalue weighted by molar-refractivity contribution is 7.15. The van der Waals surface area contributed by atoms with Crippen LogP contribution in [0.15, 0.2) is 35.8 Å². The summed E-state index contributed by atoms with van der Waals surface area (Å²) in [6, 6.07) is 7.68. The lowest BCUT2D eigenvalue weighted by molar-refractivity contribution is 0.0803. The van der Waals surface area contributed by atoms with Gasteiger partial charge in [-0.05, 0) is 45.7 Å². The Morgan fingerprint density at radius 3 is 2.81 bits per heavy atom. The van der Waals surface area contributed by atoms with Crippen LogP contribution in [0.5, 0.6) is 0 Å². The Morgan fingerprint density at radius 2 is 2.13 bits per heavy atom. The van der Waals surface area contributed by atoms with Crippen LogP contribution < -0.4 is 5.32 Å². The molecule has 0 aliphatic carbocycles. The van der Waals surface area contributed by atoms with Crippen molar-refractivity contribution in [3.8, 4) is 11.3 Å². The summed E-state index contributed by atoms with van der Waals surface area (Å²) in [5.74, 6) is 0. The number of rotatable bonds is 6. The lowest BCUT2D eigenvalue weighted by Crippen LogP contribution is -2.50. The number of amides is 2. The van der Waals surface area contributed by atoms with E-state index < -0.39 is 0 Å². The van der Waals surface area contributed by atoms with Crippen molar-refractivity contribution in [3.05, 3.63) is 46.6 Å². The quantitative estimate of drug-likeness (QED) is 0.546. The molecule has 6 nitrogen and oxygen atoms in total. The number of imidazole rings is 1. The second kappa shape index (κ2) is 9.18. The van der Waals surface area contributed by atoms with Gasteiger partial charge in [0.1, 0.15) is 0 Å². The molecule has 3 aromatic rings. The van der Waals surface area contributed by atoms with E-state index in [2.05, 4.69) is 21.3 Å². The van der Waals surface area contributed by atoms with Crippen molar-refractivity contribution < 1.29 is 9.53 Å². The fraction of sp³-hybridized carbons (Fsp3) is 0.478. The Balaban J connectivity index is 1.49. The summed E-state index contributed by atoms with van der Waals surface area (Å²) in [4.78, 5) is 20.5. The van der Waals surface area contributed by atoms with Gasteiger partial charge in [0.15, 0.2) is 4.96 Å². The van der Waals surface area contributed by atoms with Crippen LogP contribution >= 0.6 is 22.9 Å². The van der Waals surface area contributed by atoms with Gasteiger partial charge in [0, 0.05) is 59.5 Å². The average Bonchev–Trinajstić information content (AvgIpc) is 3.42. The number of carbonyl (C=O) groups is 1. The fourth-order valence-corrected chi connectivity index (χ4v) is 4.76. The Kier molecular flexibility index (Phi) is 6.55. The first-order valence-corrected chi connectivity index (χ1v) is 11.9. The van der Waals surface area contributed by atoms with Gasteiger partial charge >= 0.3 is 6.03 Å². The number of aromatic nitrogens is 2. The van der Waals surface area contributed by atoms with Gasteiger partial charge in [0.2, 0.25) is 0 Å². The van der Waals surface area contributed by atoms with Crippen LogP contribution in [0.1, 0.15) is 39.3 Å². The maximum Gasteiger partial charge on any atom is 0.317 e. The molecule has 1 aliphatic heterocycles. The third kappa shape index (κ3) is 5.59. The molecule has 4 rings (SSSR count). The first kappa shape index (κ1) is 22.1. The lowest BCUT2D eigenvalue weighted by atomic mass is 10.1. The fourth-order valence-electron chi connectivity index (χ4n) is 3.73. The first-order valence-electron chi connectivity index (χ1n) is 10.7. The minimum Gasteiger partial charge on any atom is -0.376 e. The normalized spacial score (nSPS) is 16.7. The summed E-state index contributed by atoms with van der Waals surface area (Å²) < 4.78 is 7.91. The van der Waals surface area contributed by atoms with Crippen LogP contribution in [-0.2, 0) is 11.2 Å². The zero-order valence-corrected chi connectivity index (χ0v) is 19.8. The zero-order valence-electron chi connectivity index (χ0n) is 18.2. The van der Waals surface area contributed by atoms with E-state index in [-0.39, 0.29) is 17.7 Å². The molecule has 1 aromatic carbocycles. The molecule has 31 heavy (non-hydrogen) atoms. The molecule has 1 aliphatic rings. The van der Waals surface area contributed by atoms with Gasteiger partial charge < -0.3 is 15.0 Å². The molecule has 1 atom stereocenters. The number of halogens is 1. The molecule has 166 valence electrons. The van der Waals surface area contributed by atoms with Gasteiger partial charge in [-0.25, -0.2) is 9.78 Å². The van der Waals surface area contributed by atoms with Crippen LogP contribution in [-0.4, -0.2) is 51.7 Å². The van der Waals surface area contributed by atoms with E-state index in [1.54, 1.807) is 11.3 Å². The molecule has 2 aromatic heterocycles. The van der Waals surface area contributed by atoms with Crippen LogP contribution in [0.3, 0.4) is 0 Å². The molecule has 1 fully saturated rings. The molecule has 1 N–H and O–H groups in total. The second-order valence-electron chi connectivity index (χ2n) is 9.02. The van der Waals surface area contributed by atoms with Crippen molar-refractivity contribution in [2.75, 3.05) is 19.7 Å². The molecular formula is C23H29ClN4O2S. The molecule has 0 spiro atoms. The first-order chi connectivity index (χ1) is 14.8. The van der Waals surface area contributed by atoms with Gasteiger partial charge in [-0.3, -0.25) is 4.40 Å². The number of nitrogens with one attached hydrogen (secondary N) is 1. The predicted molar refractivity (Wildman–Crippen MR) is 126 cm³/mol. The van der Waals surface area contributed by atoms with Gasteiger partial charge in [-0.2, -0.15) is 0 Å². The van der Waals surface area contributed by atoms with Crippen molar-refractivity contribution in [1.82, 2.24) is 19.6 Å². The van der Waals surface area contributed by atoms with Crippen LogP contribution in [0, 0.1) is 0 Å². The molecule has 2 amide bonds. The van der Waals surface area contributed by atoms with E-state index >= 15 is 0 Å². The minimum absolute atomic E-state index is 0.0399. The Hall–Kier alpha value is -2.09. The molecule has 1 unspecified atom stereocenters. The van der Waals surface area contributed by atoms with Gasteiger partial charge in [0.25, 0.3) is 0 Å². The third-order valence-corrected chi connectivity index (χ3v) is 6.42. The van der Waals surface area contributed by atoms with Crippen LogP contribution in [0.4, 0.5) is 4.79 Å². The molecular weight excluding hydrogens is 432 g/mol. The highest BCUT2D eigenvalue weighted by atomic mass is 35.5. The summed E-state index contributed by atoms with van der Waals surface area (Å²) in [6.07, 6.45) is 5.00. The maximum absolute atomic E-state index is 12.9. The minimum atomic E-state index is -0.278. The summed E-state index contributed by atoms with van der Waals surface area (Å²) >= 11 is 7.63. The van der Waals surface area contributed by atoms with E-state index in [1.165, 1.54) is 0 Å². The Labute approximate surface area is 192 Å². The van der Waals surface area contributed by atoms with E-state index in [0.29, 0.717) is 18.1 Å². The lowest BCUT2D eigenvalue weighted by Gasteiger charge is -2.30. The number of nitrogens with zero attached hydrogens (tertiary/aromatic N) is 3.